The van der Waals surface area contributed by atoms with Gasteiger partial charge in [-0.3, -0.25) is 9.48 Å². The quantitative estimate of drug-likeness (QED) is 0.850. The second-order valence-corrected chi connectivity index (χ2v) is 5.68. The number of aromatic nitrogens is 3. The lowest BCUT2D eigenvalue weighted by atomic mass is 10.1. The number of carboxylic acids is 1. The molecule has 21 heavy (non-hydrogen) atoms. The molecule has 0 saturated heterocycles. The van der Waals surface area contributed by atoms with Crippen LogP contribution in [0.1, 0.15) is 34.1 Å². The number of rotatable bonds is 6. The normalized spacial score (nSPS) is 10.6. The zero-order valence-electron chi connectivity index (χ0n) is 11.8. The van der Waals surface area contributed by atoms with E-state index in [9.17, 15) is 14.7 Å². The van der Waals surface area contributed by atoms with Gasteiger partial charge in [-0.1, -0.05) is 6.92 Å². The number of thiophene rings is 1. The minimum Gasteiger partial charge on any atom is -0.478 e. The van der Waals surface area contributed by atoms with Crippen LogP contribution in [0.2, 0.25) is 0 Å². The Bertz CT molecular complexity index is 649. The number of amides is 1. The number of carboxylic acid groups (broad SMARTS) is 1. The summed E-state index contributed by atoms with van der Waals surface area (Å²) in [5, 5.41) is 16.3. The first-order chi connectivity index (χ1) is 10.0. The third kappa shape index (κ3) is 3.46. The highest BCUT2D eigenvalue weighted by atomic mass is 32.1. The molecule has 2 rings (SSSR count). The Morgan fingerprint density at radius 2 is 2.24 bits per heavy atom. The average Bonchev–Trinajstić information content (AvgIpc) is 3.03. The van der Waals surface area contributed by atoms with Crippen LogP contribution in [0.15, 0.2) is 12.7 Å². The summed E-state index contributed by atoms with van der Waals surface area (Å²) in [4.78, 5) is 28.0. The van der Waals surface area contributed by atoms with E-state index in [1.54, 1.807) is 4.68 Å². The average molecular weight is 308 g/mol. The summed E-state index contributed by atoms with van der Waals surface area (Å²) >= 11 is 1.30. The first kappa shape index (κ1) is 15.2. The molecule has 0 unspecified atom stereocenters. The molecule has 0 aliphatic rings. The van der Waals surface area contributed by atoms with Gasteiger partial charge in [0, 0.05) is 11.3 Å². The fourth-order valence-electron chi connectivity index (χ4n) is 2.07. The molecule has 0 atom stereocenters. The maximum atomic E-state index is 11.9. The summed E-state index contributed by atoms with van der Waals surface area (Å²) in [5.74, 6) is -1.25. The number of carbonyl (C=O) groups is 2. The molecule has 0 aromatic carbocycles. The second kappa shape index (κ2) is 6.49. The van der Waals surface area contributed by atoms with Crippen LogP contribution in [0.3, 0.4) is 0 Å². The van der Waals surface area contributed by atoms with E-state index in [4.69, 9.17) is 0 Å². The minimum atomic E-state index is -1.01. The standard InChI is InChI=1S/C13H16N4O3S/c1-3-9-8(2)21-12(11(9)13(19)20)16-10(18)4-5-17-7-14-6-15-17/h6-7H,3-5H2,1-2H3,(H,16,18)(H,19,20). The zero-order valence-corrected chi connectivity index (χ0v) is 12.6. The monoisotopic (exact) mass is 308 g/mol. The van der Waals surface area contributed by atoms with Gasteiger partial charge in [0.15, 0.2) is 0 Å². The van der Waals surface area contributed by atoms with Gasteiger partial charge in [-0.05, 0) is 18.9 Å². The van der Waals surface area contributed by atoms with E-state index in [0.29, 0.717) is 18.0 Å². The van der Waals surface area contributed by atoms with Crippen LogP contribution in [-0.2, 0) is 17.8 Å². The third-order valence-electron chi connectivity index (χ3n) is 3.06. The zero-order chi connectivity index (χ0) is 15.4. The van der Waals surface area contributed by atoms with Crippen LogP contribution in [-0.4, -0.2) is 31.7 Å². The van der Waals surface area contributed by atoms with Gasteiger partial charge in [0.25, 0.3) is 0 Å². The summed E-state index contributed by atoms with van der Waals surface area (Å²) in [7, 11) is 0. The number of carbonyl (C=O) groups excluding carboxylic acids is 1. The van der Waals surface area contributed by atoms with E-state index in [1.807, 2.05) is 13.8 Å². The van der Waals surface area contributed by atoms with E-state index in [1.165, 1.54) is 24.0 Å². The second-order valence-electron chi connectivity index (χ2n) is 4.46. The Labute approximate surface area is 125 Å². The number of aryl methyl sites for hydroxylation is 2. The van der Waals surface area contributed by atoms with Crippen molar-refractivity contribution in [2.24, 2.45) is 0 Å². The van der Waals surface area contributed by atoms with Gasteiger partial charge in [-0.2, -0.15) is 5.10 Å². The highest BCUT2D eigenvalue weighted by Gasteiger charge is 2.21. The molecule has 2 N–H and O–H groups in total. The molecular formula is C13H16N4O3S. The first-order valence-electron chi connectivity index (χ1n) is 6.50. The predicted octanol–water partition coefficient (Wildman–Crippen LogP) is 1.94. The Hall–Kier alpha value is -2.22. The highest BCUT2D eigenvalue weighted by molar-refractivity contribution is 7.16. The smallest absolute Gasteiger partial charge is 0.339 e. The molecule has 0 spiro atoms. The molecule has 1 amide bonds. The summed E-state index contributed by atoms with van der Waals surface area (Å²) in [6, 6.07) is 0. The van der Waals surface area contributed by atoms with Crippen molar-refractivity contribution in [1.29, 1.82) is 0 Å². The lowest BCUT2D eigenvalue weighted by molar-refractivity contribution is -0.116. The van der Waals surface area contributed by atoms with Gasteiger partial charge < -0.3 is 10.4 Å². The molecule has 2 heterocycles. The number of nitrogens with one attached hydrogen (secondary N) is 1. The van der Waals surface area contributed by atoms with Crippen molar-refractivity contribution in [1.82, 2.24) is 14.8 Å². The van der Waals surface area contributed by atoms with Crippen molar-refractivity contribution in [2.45, 2.75) is 33.2 Å². The molecule has 0 saturated carbocycles. The van der Waals surface area contributed by atoms with Crippen LogP contribution in [0.25, 0.3) is 0 Å². The molecule has 112 valence electrons. The van der Waals surface area contributed by atoms with Gasteiger partial charge >= 0.3 is 5.97 Å². The number of hydrogen-bond donors (Lipinski definition) is 2. The molecule has 0 fully saturated rings. The van der Waals surface area contributed by atoms with Gasteiger partial charge in [0.05, 0.1) is 12.1 Å². The van der Waals surface area contributed by atoms with E-state index in [2.05, 4.69) is 15.4 Å². The molecule has 0 radical (unpaired) electrons. The number of hydrogen-bond acceptors (Lipinski definition) is 5. The fourth-order valence-corrected chi connectivity index (χ4v) is 3.23. The van der Waals surface area contributed by atoms with Crippen molar-refractivity contribution >= 4 is 28.2 Å². The van der Waals surface area contributed by atoms with Crippen molar-refractivity contribution < 1.29 is 14.7 Å². The summed E-state index contributed by atoms with van der Waals surface area (Å²) in [6.07, 6.45) is 3.76. The van der Waals surface area contributed by atoms with Gasteiger partial charge in [0.1, 0.15) is 17.7 Å². The number of anilines is 1. The SMILES string of the molecule is CCc1c(C)sc(NC(=O)CCn2cncn2)c1C(=O)O. The topological polar surface area (TPSA) is 97.1 Å². The Balaban J connectivity index is 2.08. The molecule has 2 aromatic heterocycles. The predicted molar refractivity (Wildman–Crippen MR) is 78.7 cm³/mol. The van der Waals surface area contributed by atoms with E-state index in [0.717, 1.165) is 10.4 Å². The first-order valence-corrected chi connectivity index (χ1v) is 7.32. The Kier molecular flexibility index (Phi) is 4.69. The van der Waals surface area contributed by atoms with Gasteiger partial charge in [-0.25, -0.2) is 9.78 Å². The van der Waals surface area contributed by atoms with Crippen molar-refractivity contribution in [3.8, 4) is 0 Å². The molecule has 0 aliphatic carbocycles. The summed E-state index contributed by atoms with van der Waals surface area (Å²) in [5.41, 5.74) is 0.980. The highest BCUT2D eigenvalue weighted by Crippen LogP contribution is 2.33. The Morgan fingerprint density at radius 3 is 2.81 bits per heavy atom. The van der Waals surface area contributed by atoms with Crippen molar-refractivity contribution in [3.05, 3.63) is 28.7 Å². The summed E-state index contributed by atoms with van der Waals surface area (Å²) in [6.45, 7) is 4.16. The van der Waals surface area contributed by atoms with Crippen LogP contribution in [0.4, 0.5) is 5.00 Å². The van der Waals surface area contributed by atoms with Gasteiger partial charge in [0.2, 0.25) is 5.91 Å². The molecule has 2 aromatic rings. The fraction of sp³-hybridized carbons (Fsp3) is 0.385. The van der Waals surface area contributed by atoms with Gasteiger partial charge in [-0.15, -0.1) is 11.3 Å². The van der Waals surface area contributed by atoms with Crippen LogP contribution < -0.4 is 5.32 Å². The maximum absolute atomic E-state index is 11.9. The van der Waals surface area contributed by atoms with Crippen molar-refractivity contribution in [2.75, 3.05) is 5.32 Å². The van der Waals surface area contributed by atoms with E-state index < -0.39 is 5.97 Å². The van der Waals surface area contributed by atoms with E-state index in [-0.39, 0.29) is 17.9 Å². The van der Waals surface area contributed by atoms with Crippen LogP contribution in [0, 0.1) is 6.92 Å². The Morgan fingerprint density at radius 1 is 1.48 bits per heavy atom. The molecule has 8 heteroatoms. The summed E-state index contributed by atoms with van der Waals surface area (Å²) < 4.78 is 1.55. The lowest BCUT2D eigenvalue weighted by Crippen LogP contribution is -2.16. The van der Waals surface area contributed by atoms with Crippen molar-refractivity contribution in [3.63, 3.8) is 0 Å². The maximum Gasteiger partial charge on any atom is 0.339 e. The lowest BCUT2D eigenvalue weighted by Gasteiger charge is -2.05. The third-order valence-corrected chi connectivity index (χ3v) is 4.13. The minimum absolute atomic E-state index is 0.203. The molecular weight excluding hydrogens is 292 g/mol. The number of nitrogens with zero attached hydrogens (tertiary/aromatic N) is 3. The molecule has 7 nitrogen and oxygen atoms in total. The number of aromatic carboxylic acids is 1. The van der Waals surface area contributed by atoms with Crippen LogP contribution >= 0.6 is 11.3 Å². The van der Waals surface area contributed by atoms with E-state index >= 15 is 0 Å². The molecule has 0 bridgehead atoms. The molecule has 0 aliphatic heterocycles. The van der Waals surface area contributed by atoms with Crippen LogP contribution in [0.5, 0.6) is 0 Å². The largest absolute Gasteiger partial charge is 0.478 e.